The molecule has 0 aliphatic carbocycles. The van der Waals surface area contributed by atoms with Crippen molar-refractivity contribution in [2.24, 2.45) is 11.3 Å². The highest BCUT2D eigenvalue weighted by Gasteiger charge is 2.20. The van der Waals surface area contributed by atoms with Crippen LogP contribution in [0.5, 0.6) is 0 Å². The summed E-state index contributed by atoms with van der Waals surface area (Å²) in [6, 6.07) is -0.160. The van der Waals surface area contributed by atoms with E-state index in [1.807, 2.05) is 0 Å². The lowest BCUT2D eigenvalue weighted by Crippen LogP contribution is -2.40. The summed E-state index contributed by atoms with van der Waals surface area (Å²) in [6.45, 7) is 11.7. The van der Waals surface area contributed by atoms with Gasteiger partial charge in [0.05, 0.1) is 7.11 Å². The van der Waals surface area contributed by atoms with E-state index in [4.69, 9.17) is 4.74 Å². The van der Waals surface area contributed by atoms with Crippen LogP contribution in [0.3, 0.4) is 0 Å². The van der Waals surface area contributed by atoms with Gasteiger partial charge < -0.3 is 10.1 Å². The molecule has 3 heteroatoms. The van der Waals surface area contributed by atoms with Gasteiger partial charge in [0.15, 0.2) is 0 Å². The number of esters is 1. The average Bonchev–Trinajstić information content (AvgIpc) is 2.12. The van der Waals surface area contributed by atoms with Crippen LogP contribution in [-0.4, -0.2) is 25.7 Å². The van der Waals surface area contributed by atoms with Crippen LogP contribution < -0.4 is 5.32 Å². The lowest BCUT2D eigenvalue weighted by molar-refractivity contribution is -0.143. The molecule has 0 bridgehead atoms. The summed E-state index contributed by atoms with van der Waals surface area (Å²) in [5.74, 6) is 0.342. The Labute approximate surface area is 99.9 Å². The van der Waals surface area contributed by atoms with Gasteiger partial charge in [0.1, 0.15) is 6.04 Å². The zero-order valence-electron chi connectivity index (χ0n) is 11.6. The largest absolute Gasteiger partial charge is 0.468 e. The molecule has 0 saturated heterocycles. The minimum absolute atomic E-state index is 0.150. The van der Waals surface area contributed by atoms with Crippen LogP contribution in [-0.2, 0) is 9.53 Å². The van der Waals surface area contributed by atoms with Gasteiger partial charge >= 0.3 is 5.97 Å². The first-order valence-electron chi connectivity index (χ1n) is 6.07. The van der Waals surface area contributed by atoms with Gasteiger partial charge in [-0.2, -0.15) is 0 Å². The number of carbonyl (C=O) groups excluding carboxylic acids is 1. The zero-order valence-corrected chi connectivity index (χ0v) is 11.6. The first-order chi connectivity index (χ1) is 7.26. The molecule has 0 saturated carbocycles. The normalized spacial score (nSPS) is 13.9. The second-order valence-corrected chi connectivity index (χ2v) is 5.97. The first-order valence-corrected chi connectivity index (χ1v) is 6.07. The molecule has 0 unspecified atom stereocenters. The van der Waals surface area contributed by atoms with Gasteiger partial charge in [-0.25, -0.2) is 0 Å². The molecule has 3 nitrogen and oxygen atoms in total. The van der Waals surface area contributed by atoms with Crippen molar-refractivity contribution in [3.63, 3.8) is 0 Å². The first kappa shape index (κ1) is 15.4. The summed E-state index contributed by atoms with van der Waals surface area (Å²) in [6.07, 6.45) is 1.88. The fraction of sp³-hybridized carbons (Fsp3) is 0.923. The molecule has 0 aromatic heterocycles. The predicted octanol–water partition coefficient (Wildman–Crippen LogP) is 2.60. The molecular weight excluding hydrogens is 202 g/mol. The second kappa shape index (κ2) is 6.89. The molecule has 0 heterocycles. The number of rotatable bonds is 6. The van der Waals surface area contributed by atoms with E-state index in [0.29, 0.717) is 11.3 Å². The highest BCUT2D eigenvalue weighted by Crippen LogP contribution is 2.17. The minimum Gasteiger partial charge on any atom is -0.468 e. The predicted molar refractivity (Wildman–Crippen MR) is 67.3 cm³/mol. The van der Waals surface area contributed by atoms with Crippen molar-refractivity contribution in [2.75, 3.05) is 13.7 Å². The van der Waals surface area contributed by atoms with Crippen LogP contribution in [0, 0.1) is 11.3 Å². The van der Waals surface area contributed by atoms with Crippen LogP contribution >= 0.6 is 0 Å². The summed E-state index contributed by atoms with van der Waals surface area (Å²) in [5.41, 5.74) is 0.297. The Hall–Kier alpha value is -0.570. The van der Waals surface area contributed by atoms with Crippen LogP contribution in [0.25, 0.3) is 0 Å². The fourth-order valence-corrected chi connectivity index (χ4v) is 1.50. The third kappa shape index (κ3) is 7.69. The highest BCUT2D eigenvalue weighted by molar-refractivity contribution is 5.75. The molecule has 1 atom stereocenters. The quantitative estimate of drug-likeness (QED) is 0.711. The number of methoxy groups -OCH3 is 1. The third-order valence-electron chi connectivity index (χ3n) is 2.46. The molecule has 0 aromatic carbocycles. The molecule has 0 amide bonds. The summed E-state index contributed by atoms with van der Waals surface area (Å²) in [5, 5.41) is 3.28. The van der Waals surface area contributed by atoms with E-state index in [9.17, 15) is 4.79 Å². The van der Waals surface area contributed by atoms with E-state index in [-0.39, 0.29) is 12.0 Å². The summed E-state index contributed by atoms with van der Waals surface area (Å²) in [4.78, 5) is 11.5. The lowest BCUT2D eigenvalue weighted by Gasteiger charge is -2.22. The van der Waals surface area contributed by atoms with Gasteiger partial charge in [0.2, 0.25) is 0 Å². The van der Waals surface area contributed by atoms with Gasteiger partial charge in [0, 0.05) is 0 Å². The number of ether oxygens (including phenoxy) is 1. The Bertz CT molecular complexity index is 206. The molecule has 0 aliphatic rings. The number of hydrogen-bond acceptors (Lipinski definition) is 3. The Morgan fingerprint density at radius 1 is 1.31 bits per heavy atom. The molecule has 0 spiro atoms. The van der Waals surface area contributed by atoms with Crippen molar-refractivity contribution >= 4 is 5.97 Å². The zero-order chi connectivity index (χ0) is 12.8. The number of hydrogen-bond donors (Lipinski definition) is 1. The Kier molecular flexibility index (Phi) is 6.65. The van der Waals surface area contributed by atoms with Crippen molar-refractivity contribution in [2.45, 2.75) is 53.5 Å². The van der Waals surface area contributed by atoms with E-state index in [1.165, 1.54) is 7.11 Å². The average molecular weight is 229 g/mol. The lowest BCUT2D eigenvalue weighted by atomic mass is 9.92. The van der Waals surface area contributed by atoms with E-state index in [1.54, 1.807) is 0 Å². The molecule has 0 aliphatic heterocycles. The second-order valence-electron chi connectivity index (χ2n) is 5.97. The summed E-state index contributed by atoms with van der Waals surface area (Å²) < 4.78 is 4.79. The van der Waals surface area contributed by atoms with Crippen molar-refractivity contribution < 1.29 is 9.53 Å². The third-order valence-corrected chi connectivity index (χ3v) is 2.46. The molecule has 0 fully saturated rings. The SMILES string of the molecule is COC(=O)[C@H](CC(C)C)NCCC(C)(C)C. The van der Waals surface area contributed by atoms with Crippen molar-refractivity contribution in [1.82, 2.24) is 5.32 Å². The smallest absolute Gasteiger partial charge is 0.322 e. The van der Waals surface area contributed by atoms with Crippen molar-refractivity contribution in [3.8, 4) is 0 Å². The minimum atomic E-state index is -0.160. The maximum Gasteiger partial charge on any atom is 0.322 e. The molecule has 0 rings (SSSR count). The molecular formula is C13H27NO2. The Morgan fingerprint density at radius 3 is 2.25 bits per heavy atom. The summed E-state index contributed by atoms with van der Waals surface area (Å²) >= 11 is 0. The molecule has 96 valence electrons. The number of nitrogens with one attached hydrogen (secondary N) is 1. The van der Waals surface area contributed by atoms with Crippen LogP contribution in [0.4, 0.5) is 0 Å². The van der Waals surface area contributed by atoms with Gasteiger partial charge in [-0.15, -0.1) is 0 Å². The number of carbonyl (C=O) groups is 1. The van der Waals surface area contributed by atoms with E-state index in [0.717, 1.165) is 19.4 Å². The molecule has 16 heavy (non-hydrogen) atoms. The molecule has 1 N–H and O–H groups in total. The summed E-state index contributed by atoms with van der Waals surface area (Å²) in [7, 11) is 1.45. The van der Waals surface area contributed by atoms with Gasteiger partial charge in [-0.3, -0.25) is 4.79 Å². The van der Waals surface area contributed by atoms with Crippen LogP contribution in [0.2, 0.25) is 0 Å². The maximum atomic E-state index is 11.5. The van der Waals surface area contributed by atoms with Gasteiger partial charge in [-0.05, 0) is 30.7 Å². The Morgan fingerprint density at radius 2 is 1.88 bits per heavy atom. The monoisotopic (exact) mass is 229 g/mol. The highest BCUT2D eigenvalue weighted by atomic mass is 16.5. The Balaban J connectivity index is 4.07. The van der Waals surface area contributed by atoms with Crippen molar-refractivity contribution in [1.29, 1.82) is 0 Å². The fourth-order valence-electron chi connectivity index (χ4n) is 1.50. The van der Waals surface area contributed by atoms with Crippen LogP contribution in [0.1, 0.15) is 47.5 Å². The topological polar surface area (TPSA) is 38.3 Å². The van der Waals surface area contributed by atoms with Gasteiger partial charge in [0.25, 0.3) is 0 Å². The molecule has 0 radical (unpaired) electrons. The standard InChI is InChI=1S/C13H27NO2/c1-10(2)9-11(12(15)16-6)14-8-7-13(3,4)5/h10-11,14H,7-9H2,1-6H3/t11-/m0/s1. The van der Waals surface area contributed by atoms with E-state index < -0.39 is 0 Å². The van der Waals surface area contributed by atoms with Gasteiger partial charge in [-0.1, -0.05) is 34.6 Å². The molecule has 0 aromatic rings. The van der Waals surface area contributed by atoms with Crippen LogP contribution in [0.15, 0.2) is 0 Å². The van der Waals surface area contributed by atoms with E-state index in [2.05, 4.69) is 39.9 Å². The van der Waals surface area contributed by atoms with Crippen molar-refractivity contribution in [3.05, 3.63) is 0 Å². The maximum absolute atomic E-state index is 11.5. The van der Waals surface area contributed by atoms with E-state index >= 15 is 0 Å².